The van der Waals surface area contributed by atoms with Crippen molar-refractivity contribution in [3.05, 3.63) is 34.3 Å². The summed E-state index contributed by atoms with van der Waals surface area (Å²) in [6, 6.07) is 0.606. The number of amides is 1. The number of alkyl halides is 4. The normalized spacial score (nSPS) is 17.7. The third kappa shape index (κ3) is 7.15. The summed E-state index contributed by atoms with van der Waals surface area (Å²) < 4.78 is 91.2. The molecular formula is C27H30ClF4N5O6S2. The number of thiazole rings is 1. The lowest BCUT2D eigenvalue weighted by atomic mass is 9.90. The Kier molecular flexibility index (Phi) is 9.69. The molecule has 2 atom stereocenters. The van der Waals surface area contributed by atoms with E-state index in [0.29, 0.717) is 17.8 Å². The van der Waals surface area contributed by atoms with Crippen molar-refractivity contribution in [2.24, 2.45) is 5.41 Å². The number of likely N-dealkylation sites (tertiary alicyclic amines) is 1. The molecule has 1 aliphatic heterocycles. The standard InChI is InChI=1S/C27H30ClF4N5O6S2/c1-6-12(2)36-45(41,42)15-8-7-14(17(18(15)28)21(29)30)20-19(24(38)37-11-27(31,32)9-13(37)3)34-23(44-20)22-33-16(43-35-22)10-26(4,5)25(39)40/h7-8,12-13,21,36H,6,9-11H2,1-5H3,(H,39,40)/t12-,13+/m1/s1. The molecule has 2 N–H and O–H groups in total. The first-order valence-electron chi connectivity index (χ1n) is 13.7. The SMILES string of the molecule is CC[C@@H](C)NS(=O)(=O)c1ccc(-c2sc(-c3noc(CC(C)(C)C(=O)O)n3)nc2C(=O)N2CC(F)(F)C[C@@H]2C)c(C(F)F)c1Cl. The number of carboxylic acids is 1. The first-order valence-corrected chi connectivity index (χ1v) is 16.3. The maximum atomic E-state index is 14.6. The van der Waals surface area contributed by atoms with Crippen molar-refractivity contribution in [2.75, 3.05) is 6.54 Å². The lowest BCUT2D eigenvalue weighted by molar-refractivity contribution is -0.147. The molecule has 1 fully saturated rings. The lowest BCUT2D eigenvalue weighted by Crippen LogP contribution is -2.35. The molecular weight excluding hydrogens is 666 g/mol. The quantitative estimate of drug-likeness (QED) is 0.228. The van der Waals surface area contributed by atoms with Crippen molar-refractivity contribution < 1.29 is 45.2 Å². The van der Waals surface area contributed by atoms with E-state index in [9.17, 15) is 40.7 Å². The Morgan fingerprint density at radius 1 is 1.29 bits per heavy atom. The van der Waals surface area contributed by atoms with Crippen LogP contribution in [0.25, 0.3) is 21.3 Å². The number of nitrogens with one attached hydrogen (secondary N) is 1. The summed E-state index contributed by atoms with van der Waals surface area (Å²) in [6.45, 7) is 6.65. The van der Waals surface area contributed by atoms with Gasteiger partial charge >= 0.3 is 5.97 Å². The minimum atomic E-state index is -4.33. The summed E-state index contributed by atoms with van der Waals surface area (Å²) >= 11 is 6.96. The molecule has 18 heteroatoms. The minimum Gasteiger partial charge on any atom is -0.481 e. The van der Waals surface area contributed by atoms with Crippen LogP contribution >= 0.6 is 22.9 Å². The topological polar surface area (TPSA) is 156 Å². The summed E-state index contributed by atoms with van der Waals surface area (Å²) in [4.78, 5) is 33.7. The summed E-state index contributed by atoms with van der Waals surface area (Å²) in [7, 11) is -4.33. The van der Waals surface area contributed by atoms with Gasteiger partial charge in [-0.05, 0) is 40.2 Å². The van der Waals surface area contributed by atoms with E-state index < -0.39 is 85.9 Å². The van der Waals surface area contributed by atoms with Crippen molar-refractivity contribution in [2.45, 2.75) is 83.2 Å². The number of carbonyl (C=O) groups is 2. The van der Waals surface area contributed by atoms with Crippen molar-refractivity contribution in [3.63, 3.8) is 0 Å². The highest BCUT2D eigenvalue weighted by Gasteiger charge is 2.46. The van der Waals surface area contributed by atoms with Gasteiger partial charge < -0.3 is 14.5 Å². The number of benzene rings is 1. The molecule has 3 heterocycles. The number of hydrogen-bond donors (Lipinski definition) is 2. The van der Waals surface area contributed by atoms with Crippen molar-refractivity contribution >= 4 is 44.8 Å². The van der Waals surface area contributed by atoms with Gasteiger partial charge in [0.15, 0.2) is 5.01 Å². The monoisotopic (exact) mass is 695 g/mol. The molecule has 0 bridgehead atoms. The fourth-order valence-corrected chi connectivity index (χ4v) is 7.62. The van der Waals surface area contributed by atoms with E-state index in [2.05, 4.69) is 19.8 Å². The van der Waals surface area contributed by atoms with Gasteiger partial charge in [-0.3, -0.25) is 9.59 Å². The van der Waals surface area contributed by atoms with E-state index in [-0.39, 0.29) is 33.6 Å². The number of aliphatic carboxylic acids is 1. The summed E-state index contributed by atoms with van der Waals surface area (Å²) in [5.74, 6) is -5.61. The molecule has 0 saturated carbocycles. The molecule has 4 rings (SSSR count). The van der Waals surface area contributed by atoms with Crippen LogP contribution in [-0.2, 0) is 21.2 Å². The summed E-state index contributed by atoms with van der Waals surface area (Å²) in [6.07, 6.45) is -3.72. The fourth-order valence-electron chi connectivity index (χ4n) is 4.63. The highest BCUT2D eigenvalue weighted by atomic mass is 35.5. The molecule has 45 heavy (non-hydrogen) atoms. The Balaban J connectivity index is 1.89. The molecule has 0 spiro atoms. The number of nitrogens with zero attached hydrogens (tertiary/aromatic N) is 4. The van der Waals surface area contributed by atoms with Crippen LogP contribution in [-0.4, -0.2) is 70.0 Å². The largest absolute Gasteiger partial charge is 0.481 e. The van der Waals surface area contributed by atoms with Crippen molar-refractivity contribution in [3.8, 4) is 21.3 Å². The van der Waals surface area contributed by atoms with E-state index in [1.54, 1.807) is 13.8 Å². The number of aromatic nitrogens is 3. The molecule has 0 radical (unpaired) electrons. The van der Waals surface area contributed by atoms with Crippen LogP contribution in [0.3, 0.4) is 0 Å². The first-order chi connectivity index (χ1) is 20.8. The number of sulfonamides is 1. The summed E-state index contributed by atoms with van der Waals surface area (Å²) in [5.41, 5.74) is -3.03. The van der Waals surface area contributed by atoms with Crippen molar-refractivity contribution in [1.82, 2.24) is 24.7 Å². The van der Waals surface area contributed by atoms with Crippen LogP contribution in [0.5, 0.6) is 0 Å². The van der Waals surface area contributed by atoms with E-state index in [4.69, 9.17) is 16.1 Å². The van der Waals surface area contributed by atoms with Gasteiger partial charge in [0.25, 0.3) is 18.3 Å². The predicted octanol–water partition coefficient (Wildman–Crippen LogP) is 6.05. The molecule has 246 valence electrons. The van der Waals surface area contributed by atoms with Gasteiger partial charge in [0, 0.05) is 36.1 Å². The molecule has 11 nitrogen and oxygen atoms in total. The molecule has 0 aliphatic carbocycles. The average Bonchev–Trinajstić information content (AvgIpc) is 3.63. The van der Waals surface area contributed by atoms with E-state index in [1.165, 1.54) is 20.8 Å². The maximum absolute atomic E-state index is 14.6. The zero-order valence-electron chi connectivity index (χ0n) is 24.7. The molecule has 2 aromatic heterocycles. The Morgan fingerprint density at radius 2 is 1.96 bits per heavy atom. The van der Waals surface area contributed by atoms with Gasteiger partial charge in [0.05, 0.1) is 21.9 Å². The number of hydrogen-bond acceptors (Lipinski definition) is 9. The van der Waals surface area contributed by atoms with Gasteiger partial charge in [-0.25, -0.2) is 35.7 Å². The third-order valence-corrected chi connectivity index (χ3v) is 10.6. The molecule has 1 aliphatic rings. The first kappa shape index (κ1) is 34.7. The van der Waals surface area contributed by atoms with Crippen LogP contribution < -0.4 is 4.72 Å². The number of rotatable bonds is 11. The third-order valence-electron chi connectivity index (χ3n) is 7.32. The fraction of sp³-hybridized carbons (Fsp3) is 0.519. The Bertz CT molecular complexity index is 1730. The number of halogens is 5. The zero-order valence-corrected chi connectivity index (χ0v) is 27.1. The maximum Gasteiger partial charge on any atom is 0.309 e. The van der Waals surface area contributed by atoms with Gasteiger partial charge in [0.2, 0.25) is 21.7 Å². The highest BCUT2D eigenvalue weighted by molar-refractivity contribution is 7.89. The van der Waals surface area contributed by atoms with Crippen LogP contribution in [0.1, 0.15) is 75.8 Å². The number of carboxylic acid groups (broad SMARTS) is 1. The van der Waals surface area contributed by atoms with Crippen LogP contribution in [0.4, 0.5) is 17.6 Å². The molecule has 1 saturated heterocycles. The van der Waals surface area contributed by atoms with Gasteiger partial charge in [0.1, 0.15) is 10.6 Å². The molecule has 1 amide bonds. The zero-order chi connectivity index (χ0) is 33.6. The second kappa shape index (κ2) is 12.6. The molecule has 3 aromatic rings. The second-order valence-electron chi connectivity index (χ2n) is 11.5. The lowest BCUT2D eigenvalue weighted by Gasteiger charge is -2.21. The summed E-state index contributed by atoms with van der Waals surface area (Å²) in [5, 5.41) is 12.3. The highest BCUT2D eigenvalue weighted by Crippen LogP contribution is 2.45. The van der Waals surface area contributed by atoms with Gasteiger partial charge in [-0.1, -0.05) is 29.7 Å². The van der Waals surface area contributed by atoms with Gasteiger partial charge in [-0.15, -0.1) is 11.3 Å². The Morgan fingerprint density at radius 3 is 2.51 bits per heavy atom. The predicted molar refractivity (Wildman–Crippen MR) is 156 cm³/mol. The number of carbonyl (C=O) groups excluding carboxylic acids is 1. The van der Waals surface area contributed by atoms with Crippen LogP contribution in [0.15, 0.2) is 21.6 Å². The van der Waals surface area contributed by atoms with Crippen molar-refractivity contribution in [1.29, 1.82) is 0 Å². The molecule has 0 unspecified atom stereocenters. The minimum absolute atomic E-state index is 0.0884. The Hall–Kier alpha value is -3.15. The van der Waals surface area contributed by atoms with Crippen LogP contribution in [0.2, 0.25) is 5.02 Å². The molecule has 1 aromatic carbocycles. The van der Waals surface area contributed by atoms with E-state index in [1.807, 2.05) is 0 Å². The smallest absolute Gasteiger partial charge is 0.309 e. The van der Waals surface area contributed by atoms with Crippen LogP contribution in [0, 0.1) is 5.41 Å². The van der Waals surface area contributed by atoms with Gasteiger partial charge in [-0.2, -0.15) is 4.98 Å². The second-order valence-corrected chi connectivity index (χ2v) is 14.5. The van der Waals surface area contributed by atoms with E-state index >= 15 is 0 Å². The van der Waals surface area contributed by atoms with E-state index in [0.717, 1.165) is 17.0 Å². The average molecular weight is 696 g/mol. The Labute approximate surface area is 265 Å².